The molecule has 0 spiro atoms. The molecular weight excluding hydrogens is 567 g/mol. The summed E-state index contributed by atoms with van der Waals surface area (Å²) in [6.07, 6.45) is -4.63. The third-order valence-corrected chi connectivity index (χ3v) is 8.43. The van der Waals surface area contributed by atoms with Gasteiger partial charge in [-0.15, -0.1) is 0 Å². The number of halogens is 3. The van der Waals surface area contributed by atoms with Crippen LogP contribution in [0.15, 0.2) is 107 Å². The molecule has 0 radical (unpaired) electrons. The number of rotatable bonds is 8. The van der Waals surface area contributed by atoms with Crippen LogP contribution in [0.1, 0.15) is 21.5 Å². The van der Waals surface area contributed by atoms with Crippen molar-refractivity contribution in [3.05, 3.63) is 114 Å². The molecule has 13 heteroatoms. The third kappa shape index (κ3) is 6.79. The van der Waals surface area contributed by atoms with Gasteiger partial charge in [0, 0.05) is 16.9 Å². The van der Waals surface area contributed by atoms with E-state index in [1.54, 1.807) is 25.1 Å². The molecule has 0 fully saturated rings. The van der Waals surface area contributed by atoms with Gasteiger partial charge in [-0.05, 0) is 85.3 Å². The van der Waals surface area contributed by atoms with Gasteiger partial charge in [-0.1, -0.05) is 24.3 Å². The lowest BCUT2D eigenvalue weighted by atomic mass is 10.1. The van der Waals surface area contributed by atoms with E-state index in [2.05, 4.69) is 14.8 Å². The summed E-state index contributed by atoms with van der Waals surface area (Å²) in [5.74, 6) is -0.529. The fourth-order valence-electron chi connectivity index (χ4n) is 3.62. The first-order chi connectivity index (χ1) is 18.7. The molecule has 208 valence electrons. The predicted octanol–water partition coefficient (Wildman–Crippen LogP) is 5.87. The Bertz CT molecular complexity index is 1760. The Balaban J connectivity index is 1.43. The van der Waals surface area contributed by atoms with Crippen molar-refractivity contribution < 1.29 is 34.8 Å². The smallest absolute Gasteiger partial charge is 0.322 e. The molecule has 0 aliphatic heterocycles. The summed E-state index contributed by atoms with van der Waals surface area (Å²) in [4.78, 5) is 12.6. The summed E-state index contributed by atoms with van der Waals surface area (Å²) >= 11 is 0. The molecule has 0 saturated heterocycles. The zero-order valence-electron chi connectivity index (χ0n) is 20.7. The first-order valence-corrected chi connectivity index (χ1v) is 14.5. The Morgan fingerprint density at radius 2 is 1.30 bits per heavy atom. The Morgan fingerprint density at radius 1 is 0.675 bits per heavy atom. The van der Waals surface area contributed by atoms with Crippen LogP contribution in [0.3, 0.4) is 0 Å². The first-order valence-electron chi connectivity index (χ1n) is 11.5. The van der Waals surface area contributed by atoms with E-state index < -0.39 is 37.7 Å². The number of amides is 1. The Kier molecular flexibility index (Phi) is 7.89. The van der Waals surface area contributed by atoms with E-state index >= 15 is 0 Å². The van der Waals surface area contributed by atoms with Crippen molar-refractivity contribution in [1.29, 1.82) is 0 Å². The number of carbonyl (C=O) groups excluding carboxylic acids is 1. The van der Waals surface area contributed by atoms with Gasteiger partial charge in [0.25, 0.3) is 26.0 Å². The maximum absolute atomic E-state index is 12.9. The molecule has 4 aromatic rings. The number of nitrogens with one attached hydrogen (secondary N) is 3. The van der Waals surface area contributed by atoms with Gasteiger partial charge >= 0.3 is 6.18 Å². The second-order valence-electron chi connectivity index (χ2n) is 8.61. The van der Waals surface area contributed by atoms with E-state index in [1.807, 2.05) is 0 Å². The van der Waals surface area contributed by atoms with Gasteiger partial charge in [-0.25, -0.2) is 16.8 Å². The van der Waals surface area contributed by atoms with Crippen LogP contribution in [0.2, 0.25) is 0 Å². The van der Waals surface area contributed by atoms with Gasteiger partial charge in [-0.3, -0.25) is 14.2 Å². The van der Waals surface area contributed by atoms with Gasteiger partial charge in [0.05, 0.1) is 21.0 Å². The SMILES string of the molecule is Cc1cc(C(=O)Nc2ccc(S(=O)(=O)Nc3cccc(C(F)(F)F)c3)cc2)ccc1NS(=O)(=O)c1ccccc1. The fourth-order valence-corrected chi connectivity index (χ4v) is 5.82. The van der Waals surface area contributed by atoms with Gasteiger partial charge < -0.3 is 5.32 Å². The van der Waals surface area contributed by atoms with Crippen molar-refractivity contribution in [3.63, 3.8) is 0 Å². The van der Waals surface area contributed by atoms with E-state index in [0.29, 0.717) is 17.3 Å². The molecule has 0 atom stereocenters. The summed E-state index contributed by atoms with van der Waals surface area (Å²) < 4.78 is 93.8. The number of aryl methyl sites for hydroxylation is 1. The average Bonchev–Trinajstić information content (AvgIpc) is 2.90. The molecule has 3 N–H and O–H groups in total. The van der Waals surface area contributed by atoms with E-state index in [1.165, 1.54) is 60.7 Å². The Hall–Kier alpha value is -4.36. The molecule has 0 aromatic heterocycles. The number of sulfonamides is 2. The van der Waals surface area contributed by atoms with Gasteiger partial charge in [0.15, 0.2) is 0 Å². The van der Waals surface area contributed by atoms with Crippen LogP contribution in [0.25, 0.3) is 0 Å². The fraction of sp³-hybridized carbons (Fsp3) is 0.0741. The van der Waals surface area contributed by atoms with Crippen molar-refractivity contribution in [2.24, 2.45) is 0 Å². The number of benzene rings is 4. The molecule has 0 unspecified atom stereocenters. The third-order valence-electron chi connectivity index (χ3n) is 5.65. The minimum absolute atomic E-state index is 0.0895. The minimum Gasteiger partial charge on any atom is -0.322 e. The zero-order valence-corrected chi connectivity index (χ0v) is 22.4. The summed E-state index contributed by atoms with van der Waals surface area (Å²) in [7, 11) is -8.02. The largest absolute Gasteiger partial charge is 0.416 e. The van der Waals surface area contributed by atoms with Crippen LogP contribution in [-0.2, 0) is 26.2 Å². The van der Waals surface area contributed by atoms with Crippen LogP contribution in [-0.4, -0.2) is 22.7 Å². The van der Waals surface area contributed by atoms with Gasteiger partial charge in [0.1, 0.15) is 0 Å². The van der Waals surface area contributed by atoms with E-state index in [9.17, 15) is 34.8 Å². The van der Waals surface area contributed by atoms with Crippen LogP contribution < -0.4 is 14.8 Å². The van der Waals surface area contributed by atoms with E-state index in [0.717, 1.165) is 12.1 Å². The highest BCUT2D eigenvalue weighted by Gasteiger charge is 2.30. The van der Waals surface area contributed by atoms with Crippen LogP contribution in [0, 0.1) is 6.92 Å². The summed E-state index contributed by atoms with van der Waals surface area (Å²) in [6, 6.07) is 21.0. The molecule has 0 heterocycles. The topological polar surface area (TPSA) is 121 Å². The highest BCUT2D eigenvalue weighted by molar-refractivity contribution is 7.93. The maximum atomic E-state index is 12.9. The molecule has 1 amide bonds. The molecule has 0 saturated carbocycles. The molecule has 4 aromatic carbocycles. The number of carbonyl (C=O) groups is 1. The lowest BCUT2D eigenvalue weighted by Crippen LogP contribution is -2.16. The molecule has 4 rings (SSSR count). The second kappa shape index (κ2) is 11.0. The summed E-state index contributed by atoms with van der Waals surface area (Å²) in [6.45, 7) is 1.64. The van der Waals surface area contributed by atoms with Gasteiger partial charge in [-0.2, -0.15) is 13.2 Å². The minimum atomic E-state index is -4.63. The van der Waals surface area contributed by atoms with Crippen molar-refractivity contribution in [2.45, 2.75) is 22.9 Å². The number of anilines is 3. The summed E-state index contributed by atoms with van der Waals surface area (Å²) in [5.41, 5.74) is 0.0230. The quantitative estimate of drug-likeness (QED) is 0.238. The zero-order chi connectivity index (χ0) is 29.1. The van der Waals surface area contributed by atoms with E-state index in [-0.39, 0.29) is 26.7 Å². The van der Waals surface area contributed by atoms with Crippen molar-refractivity contribution >= 4 is 43.0 Å². The Labute approximate surface area is 229 Å². The van der Waals surface area contributed by atoms with Crippen molar-refractivity contribution in [1.82, 2.24) is 0 Å². The maximum Gasteiger partial charge on any atom is 0.416 e. The molecule has 8 nitrogen and oxygen atoms in total. The highest BCUT2D eigenvalue weighted by Crippen LogP contribution is 2.31. The first kappa shape index (κ1) is 28.6. The molecule has 0 aliphatic carbocycles. The number of hydrogen-bond acceptors (Lipinski definition) is 5. The standard InChI is InChI=1S/C27H22F3N3O5S2/c1-18-16-19(10-15-25(18)33-40(37,38)23-8-3-2-4-9-23)26(34)31-21-11-13-24(14-12-21)39(35,36)32-22-7-5-6-20(17-22)27(28,29)30/h2-17,32-33H,1H3,(H,31,34). The van der Waals surface area contributed by atoms with Gasteiger partial charge in [0.2, 0.25) is 0 Å². The summed E-state index contributed by atoms with van der Waals surface area (Å²) in [5, 5.41) is 2.61. The molecule has 0 aliphatic rings. The molecule has 40 heavy (non-hydrogen) atoms. The lowest BCUT2D eigenvalue weighted by Gasteiger charge is -2.13. The normalized spacial score (nSPS) is 12.0. The predicted molar refractivity (Wildman–Crippen MR) is 145 cm³/mol. The van der Waals surface area contributed by atoms with Crippen molar-refractivity contribution in [3.8, 4) is 0 Å². The Morgan fingerprint density at radius 3 is 1.93 bits per heavy atom. The van der Waals surface area contributed by atoms with Crippen LogP contribution >= 0.6 is 0 Å². The second-order valence-corrected chi connectivity index (χ2v) is 12.0. The highest BCUT2D eigenvalue weighted by atomic mass is 32.2. The molecular formula is C27H22F3N3O5S2. The molecule has 0 bridgehead atoms. The van der Waals surface area contributed by atoms with Crippen LogP contribution in [0.4, 0.5) is 30.2 Å². The van der Waals surface area contributed by atoms with E-state index in [4.69, 9.17) is 0 Å². The average molecular weight is 590 g/mol. The van der Waals surface area contributed by atoms with Crippen molar-refractivity contribution in [2.75, 3.05) is 14.8 Å². The van der Waals surface area contributed by atoms with Crippen LogP contribution in [0.5, 0.6) is 0 Å². The number of alkyl halides is 3. The lowest BCUT2D eigenvalue weighted by molar-refractivity contribution is -0.137. The monoisotopic (exact) mass is 589 g/mol. The number of hydrogen-bond donors (Lipinski definition) is 3.